The molecule has 0 radical (unpaired) electrons. The SMILES string of the molecule is O=C(O)/C=C1\c2cccnc2-c2c1ccc(Cl)c2Cl. The second-order valence-corrected chi connectivity index (χ2v) is 4.86. The summed E-state index contributed by atoms with van der Waals surface area (Å²) in [6, 6.07) is 7.00. The first-order valence-electron chi connectivity index (χ1n) is 5.48. The third-order valence-corrected chi connectivity index (χ3v) is 3.79. The lowest BCUT2D eigenvalue weighted by molar-refractivity contribution is -0.131. The van der Waals surface area contributed by atoms with Gasteiger partial charge in [0, 0.05) is 23.4 Å². The molecule has 1 aromatic heterocycles. The van der Waals surface area contributed by atoms with Gasteiger partial charge < -0.3 is 5.11 Å². The van der Waals surface area contributed by atoms with Crippen LogP contribution >= 0.6 is 23.2 Å². The van der Waals surface area contributed by atoms with E-state index in [1.807, 2.05) is 6.07 Å². The smallest absolute Gasteiger partial charge is 0.328 e. The summed E-state index contributed by atoms with van der Waals surface area (Å²) < 4.78 is 0. The minimum Gasteiger partial charge on any atom is -0.478 e. The Morgan fingerprint density at radius 1 is 1.21 bits per heavy atom. The van der Waals surface area contributed by atoms with Crippen LogP contribution in [0.3, 0.4) is 0 Å². The van der Waals surface area contributed by atoms with Crippen molar-refractivity contribution in [1.29, 1.82) is 0 Å². The van der Waals surface area contributed by atoms with Gasteiger partial charge in [-0.2, -0.15) is 0 Å². The molecule has 19 heavy (non-hydrogen) atoms. The fourth-order valence-corrected chi connectivity index (χ4v) is 2.66. The largest absolute Gasteiger partial charge is 0.478 e. The van der Waals surface area contributed by atoms with Gasteiger partial charge in [0.25, 0.3) is 0 Å². The molecule has 1 aliphatic rings. The number of carboxylic acid groups (broad SMARTS) is 1. The lowest BCUT2D eigenvalue weighted by Gasteiger charge is -2.04. The van der Waals surface area contributed by atoms with Crippen molar-refractivity contribution >= 4 is 34.7 Å². The monoisotopic (exact) mass is 291 g/mol. The minimum absolute atomic E-state index is 0.396. The van der Waals surface area contributed by atoms with Crippen LogP contribution in [0.1, 0.15) is 11.1 Å². The zero-order chi connectivity index (χ0) is 13.6. The van der Waals surface area contributed by atoms with Gasteiger partial charge in [0.2, 0.25) is 0 Å². The molecule has 1 N–H and O–H groups in total. The van der Waals surface area contributed by atoms with Gasteiger partial charge in [0.05, 0.1) is 15.7 Å². The van der Waals surface area contributed by atoms with E-state index in [0.717, 1.165) is 17.2 Å². The first kappa shape index (κ1) is 12.2. The molecule has 0 unspecified atom stereocenters. The zero-order valence-electron chi connectivity index (χ0n) is 9.52. The molecule has 1 aromatic carbocycles. The van der Waals surface area contributed by atoms with E-state index in [4.69, 9.17) is 28.3 Å². The van der Waals surface area contributed by atoms with E-state index in [1.54, 1.807) is 24.4 Å². The standard InChI is InChI=1S/C14H7Cl2NO2/c15-10-4-3-7-9(6-11(18)19)8-2-1-5-17-14(8)12(7)13(10)16/h1-6H,(H,18,19)/b9-6-. The molecular formula is C14H7Cl2NO2. The van der Waals surface area contributed by atoms with Gasteiger partial charge in [0.1, 0.15) is 0 Å². The highest BCUT2D eigenvalue weighted by molar-refractivity contribution is 6.44. The molecule has 0 spiro atoms. The van der Waals surface area contributed by atoms with Gasteiger partial charge in [-0.3, -0.25) is 4.98 Å². The van der Waals surface area contributed by atoms with Crippen LogP contribution in [0.5, 0.6) is 0 Å². The Hall–Kier alpha value is -1.84. The van der Waals surface area contributed by atoms with Crippen LogP contribution in [-0.2, 0) is 4.79 Å². The van der Waals surface area contributed by atoms with Crippen LogP contribution < -0.4 is 0 Å². The van der Waals surface area contributed by atoms with Crippen LogP contribution in [0.4, 0.5) is 0 Å². The summed E-state index contributed by atoms with van der Waals surface area (Å²) >= 11 is 12.2. The molecule has 0 amide bonds. The molecule has 0 saturated heterocycles. The van der Waals surface area contributed by atoms with Gasteiger partial charge in [-0.05, 0) is 23.3 Å². The summed E-state index contributed by atoms with van der Waals surface area (Å²) in [4.78, 5) is 15.3. The lowest BCUT2D eigenvalue weighted by atomic mass is 10.0. The second-order valence-electron chi connectivity index (χ2n) is 4.08. The topological polar surface area (TPSA) is 50.2 Å². The second kappa shape index (κ2) is 4.37. The number of hydrogen-bond acceptors (Lipinski definition) is 2. The predicted octanol–water partition coefficient (Wildman–Crippen LogP) is 3.89. The number of carboxylic acids is 1. The van der Waals surface area contributed by atoms with Crippen LogP contribution in [0.2, 0.25) is 10.0 Å². The summed E-state index contributed by atoms with van der Waals surface area (Å²) in [5.74, 6) is -1.01. The first-order valence-corrected chi connectivity index (χ1v) is 6.24. The van der Waals surface area contributed by atoms with E-state index in [-0.39, 0.29) is 0 Å². The number of benzene rings is 1. The van der Waals surface area contributed by atoms with Gasteiger partial charge >= 0.3 is 5.97 Å². The maximum Gasteiger partial charge on any atom is 0.328 e. The first-order chi connectivity index (χ1) is 9.09. The Balaban J connectivity index is 2.41. The van der Waals surface area contributed by atoms with Crippen LogP contribution in [0.25, 0.3) is 16.8 Å². The highest BCUT2D eigenvalue weighted by atomic mass is 35.5. The van der Waals surface area contributed by atoms with Crippen molar-refractivity contribution in [3.8, 4) is 11.3 Å². The maximum atomic E-state index is 11.0. The number of carbonyl (C=O) groups is 1. The van der Waals surface area contributed by atoms with Crippen molar-refractivity contribution in [1.82, 2.24) is 4.98 Å². The van der Waals surface area contributed by atoms with E-state index in [1.165, 1.54) is 0 Å². The fourth-order valence-electron chi connectivity index (χ4n) is 2.25. The van der Waals surface area contributed by atoms with Gasteiger partial charge in [-0.25, -0.2) is 4.79 Å². The molecule has 0 aliphatic heterocycles. The molecule has 0 fully saturated rings. The molecule has 5 heteroatoms. The number of aromatic nitrogens is 1. The zero-order valence-corrected chi connectivity index (χ0v) is 11.0. The van der Waals surface area contributed by atoms with Gasteiger partial charge in [-0.1, -0.05) is 35.3 Å². The normalized spacial score (nSPS) is 14.3. The highest BCUT2D eigenvalue weighted by Gasteiger charge is 2.28. The van der Waals surface area contributed by atoms with E-state index >= 15 is 0 Å². The van der Waals surface area contributed by atoms with E-state index in [2.05, 4.69) is 4.98 Å². The third-order valence-electron chi connectivity index (χ3n) is 2.99. The maximum absolute atomic E-state index is 11.0. The minimum atomic E-state index is -1.01. The van der Waals surface area contributed by atoms with E-state index in [9.17, 15) is 4.79 Å². The van der Waals surface area contributed by atoms with Gasteiger partial charge in [-0.15, -0.1) is 0 Å². The number of pyridine rings is 1. The average Bonchev–Trinajstić information content (AvgIpc) is 2.69. The summed E-state index contributed by atoms with van der Waals surface area (Å²) in [6.07, 6.45) is 2.81. The molecule has 3 rings (SSSR count). The number of fused-ring (bicyclic) bond motifs is 3. The Morgan fingerprint density at radius 3 is 2.74 bits per heavy atom. The Kier molecular flexibility index (Phi) is 2.81. The summed E-state index contributed by atoms with van der Waals surface area (Å²) in [7, 11) is 0. The average molecular weight is 292 g/mol. The summed E-state index contributed by atoms with van der Waals surface area (Å²) in [5, 5.41) is 9.81. The molecule has 0 saturated carbocycles. The van der Waals surface area contributed by atoms with Crippen LogP contribution in [-0.4, -0.2) is 16.1 Å². The Morgan fingerprint density at radius 2 is 2.00 bits per heavy atom. The number of nitrogens with zero attached hydrogens (tertiary/aromatic N) is 1. The molecule has 2 aromatic rings. The molecule has 1 heterocycles. The number of hydrogen-bond donors (Lipinski definition) is 1. The third kappa shape index (κ3) is 1.82. The molecule has 0 bridgehead atoms. The summed E-state index contributed by atoms with van der Waals surface area (Å²) in [6.45, 7) is 0. The van der Waals surface area contributed by atoms with E-state index < -0.39 is 5.97 Å². The van der Waals surface area contributed by atoms with Crippen molar-refractivity contribution < 1.29 is 9.90 Å². The highest BCUT2D eigenvalue weighted by Crippen LogP contribution is 2.48. The van der Waals surface area contributed by atoms with Crippen molar-refractivity contribution in [3.63, 3.8) is 0 Å². The molecule has 1 aliphatic carbocycles. The van der Waals surface area contributed by atoms with E-state index in [0.29, 0.717) is 26.9 Å². The quantitative estimate of drug-likeness (QED) is 0.692. The number of rotatable bonds is 1. The number of aliphatic carboxylic acids is 1. The fraction of sp³-hybridized carbons (Fsp3) is 0. The summed E-state index contributed by atoms with van der Waals surface area (Å²) in [5.41, 5.74) is 3.45. The van der Waals surface area contributed by atoms with Crippen molar-refractivity contribution in [3.05, 3.63) is 57.7 Å². The molecule has 0 atom stereocenters. The lowest BCUT2D eigenvalue weighted by Crippen LogP contribution is -1.91. The van der Waals surface area contributed by atoms with Crippen LogP contribution in [0.15, 0.2) is 36.5 Å². The van der Waals surface area contributed by atoms with Crippen LogP contribution in [0, 0.1) is 0 Å². The Labute approximate surface area is 119 Å². The Bertz CT molecular complexity index is 738. The molecule has 94 valence electrons. The van der Waals surface area contributed by atoms with Crippen molar-refractivity contribution in [2.75, 3.05) is 0 Å². The predicted molar refractivity (Wildman–Crippen MR) is 74.4 cm³/mol. The van der Waals surface area contributed by atoms with Crippen molar-refractivity contribution in [2.24, 2.45) is 0 Å². The van der Waals surface area contributed by atoms with Gasteiger partial charge in [0.15, 0.2) is 0 Å². The number of halogens is 2. The molecule has 3 nitrogen and oxygen atoms in total. The van der Waals surface area contributed by atoms with Crippen molar-refractivity contribution in [2.45, 2.75) is 0 Å². The molecular weight excluding hydrogens is 285 g/mol.